The van der Waals surface area contributed by atoms with E-state index in [-0.39, 0.29) is 18.3 Å². The monoisotopic (exact) mass is 419 g/mol. The van der Waals surface area contributed by atoms with Gasteiger partial charge in [-0.3, -0.25) is 0 Å². The molecule has 2 heterocycles. The van der Waals surface area contributed by atoms with Crippen molar-refractivity contribution in [3.05, 3.63) is 66.7 Å². The van der Waals surface area contributed by atoms with Gasteiger partial charge in [-0.1, -0.05) is 67.8 Å². The van der Waals surface area contributed by atoms with Crippen LogP contribution in [0.2, 0.25) is 0 Å². The summed E-state index contributed by atoms with van der Waals surface area (Å²) in [6, 6.07) is 23.2. The minimum atomic E-state index is 0. The van der Waals surface area contributed by atoms with Crippen LogP contribution < -0.4 is 22.3 Å². The highest BCUT2D eigenvalue weighted by Crippen LogP contribution is 2.32. The van der Waals surface area contributed by atoms with E-state index >= 15 is 0 Å². The fourth-order valence-electron chi connectivity index (χ4n) is 4.68. The van der Waals surface area contributed by atoms with Crippen LogP contribution in [0.4, 0.5) is 5.82 Å². The standard InChI is InChI=1S/C25H26N3O.ClH/c1-18(29)27-23-17-16-19-10-8-9-15-22(19)28(23)25(26-21-13-6-3-7-14-21)24(27)20-11-4-2-5-12-20;/h2,4-5,8-12,15-17,21,26H,3,6-7,13-14H2,1H3;1H/q+1;/p-1. The Morgan fingerprint density at radius 3 is 2.37 bits per heavy atom. The maximum absolute atomic E-state index is 12.8. The van der Waals surface area contributed by atoms with Crippen molar-refractivity contribution in [3.8, 4) is 11.3 Å². The van der Waals surface area contributed by atoms with E-state index in [1.165, 1.54) is 32.1 Å². The molecular formula is C25H26ClN3O. The Morgan fingerprint density at radius 1 is 0.933 bits per heavy atom. The molecular weight excluding hydrogens is 394 g/mol. The van der Waals surface area contributed by atoms with E-state index in [9.17, 15) is 4.79 Å². The maximum atomic E-state index is 12.8. The number of carbonyl (C=O) groups excluding carboxylic acids is 1. The van der Waals surface area contributed by atoms with Crippen molar-refractivity contribution in [3.63, 3.8) is 0 Å². The Kier molecular flexibility index (Phi) is 5.78. The number of carbonyl (C=O) groups is 1. The number of hydrogen-bond acceptors (Lipinski definition) is 2. The van der Waals surface area contributed by atoms with Crippen molar-refractivity contribution in [2.45, 2.75) is 45.1 Å². The Labute approximate surface area is 182 Å². The molecule has 1 aliphatic rings. The van der Waals surface area contributed by atoms with Crippen molar-refractivity contribution < 1.29 is 21.8 Å². The third-order valence-electron chi connectivity index (χ3n) is 6.03. The van der Waals surface area contributed by atoms with E-state index in [2.05, 4.69) is 58.2 Å². The lowest BCUT2D eigenvalue weighted by Gasteiger charge is -2.22. The number of benzene rings is 2. The molecule has 0 saturated heterocycles. The van der Waals surface area contributed by atoms with Gasteiger partial charge in [-0.05, 0) is 25.0 Å². The molecule has 30 heavy (non-hydrogen) atoms. The average Bonchev–Trinajstić information content (AvgIpc) is 3.10. The number of pyridine rings is 1. The molecule has 1 aliphatic carbocycles. The number of rotatable bonds is 3. The highest BCUT2D eigenvalue weighted by molar-refractivity contribution is 5.87. The van der Waals surface area contributed by atoms with Gasteiger partial charge in [-0.2, -0.15) is 8.97 Å². The second-order valence-corrected chi connectivity index (χ2v) is 7.98. The summed E-state index contributed by atoms with van der Waals surface area (Å²) < 4.78 is 4.08. The molecule has 0 spiro atoms. The molecule has 2 aromatic carbocycles. The van der Waals surface area contributed by atoms with E-state index in [0.717, 1.165) is 33.6 Å². The van der Waals surface area contributed by atoms with Gasteiger partial charge in [0.2, 0.25) is 11.5 Å². The number of nitrogens with zero attached hydrogens (tertiary/aromatic N) is 2. The Bertz CT molecular complexity index is 1190. The van der Waals surface area contributed by atoms with Gasteiger partial charge in [0.1, 0.15) is 5.52 Å². The molecule has 4 nitrogen and oxygen atoms in total. The molecule has 0 aliphatic heterocycles. The summed E-state index contributed by atoms with van der Waals surface area (Å²) in [6.07, 6.45) is 6.18. The van der Waals surface area contributed by atoms with Crippen LogP contribution in [0, 0.1) is 0 Å². The lowest BCUT2D eigenvalue weighted by atomic mass is 9.95. The molecule has 5 rings (SSSR count). The first-order valence-electron chi connectivity index (χ1n) is 10.5. The van der Waals surface area contributed by atoms with E-state index < -0.39 is 0 Å². The number of hydrogen-bond donors (Lipinski definition) is 1. The van der Waals surface area contributed by atoms with Crippen molar-refractivity contribution in [1.29, 1.82) is 0 Å². The van der Waals surface area contributed by atoms with Crippen LogP contribution in [0.3, 0.4) is 0 Å². The van der Waals surface area contributed by atoms with E-state index in [4.69, 9.17) is 0 Å². The van der Waals surface area contributed by atoms with Crippen molar-refractivity contribution >= 4 is 28.3 Å². The number of anilines is 1. The topological polar surface area (TPSA) is 37.4 Å². The number of aromatic nitrogens is 2. The van der Waals surface area contributed by atoms with Gasteiger partial charge in [-0.15, -0.1) is 0 Å². The van der Waals surface area contributed by atoms with Crippen molar-refractivity contribution in [1.82, 2.24) is 4.40 Å². The van der Waals surface area contributed by atoms with Gasteiger partial charge in [0.15, 0.2) is 0 Å². The van der Waals surface area contributed by atoms with E-state index in [1.807, 2.05) is 22.8 Å². The number of fused-ring (bicyclic) bond motifs is 3. The smallest absolute Gasteiger partial charge is 0.311 e. The second kappa shape index (κ2) is 8.49. The van der Waals surface area contributed by atoms with Crippen LogP contribution in [-0.4, -0.2) is 16.3 Å². The minimum absolute atomic E-state index is 0. The van der Waals surface area contributed by atoms with Gasteiger partial charge in [0, 0.05) is 30.0 Å². The zero-order valence-corrected chi connectivity index (χ0v) is 17.9. The van der Waals surface area contributed by atoms with Crippen LogP contribution in [-0.2, 0) is 0 Å². The summed E-state index contributed by atoms with van der Waals surface area (Å²) in [6.45, 7) is 1.64. The molecule has 1 N–H and O–H groups in total. The highest BCUT2D eigenvalue weighted by Gasteiger charge is 2.32. The molecule has 2 aromatic heterocycles. The predicted molar refractivity (Wildman–Crippen MR) is 117 cm³/mol. The quantitative estimate of drug-likeness (QED) is 0.518. The third kappa shape index (κ3) is 3.46. The zero-order chi connectivity index (χ0) is 19.8. The summed E-state index contributed by atoms with van der Waals surface area (Å²) >= 11 is 0. The fraction of sp³-hybridized carbons (Fsp3) is 0.280. The summed E-state index contributed by atoms with van der Waals surface area (Å²) in [5, 5.41) is 5.01. The molecule has 154 valence electrons. The van der Waals surface area contributed by atoms with Gasteiger partial charge in [0.05, 0.1) is 0 Å². The van der Waals surface area contributed by atoms with Gasteiger partial charge < -0.3 is 17.7 Å². The summed E-state index contributed by atoms with van der Waals surface area (Å²) in [5.41, 5.74) is 4.00. The normalized spacial score (nSPS) is 14.6. The van der Waals surface area contributed by atoms with E-state index in [1.54, 1.807) is 6.92 Å². The lowest BCUT2D eigenvalue weighted by molar-refractivity contribution is -0.532. The first-order chi connectivity index (χ1) is 14.2. The first-order valence-corrected chi connectivity index (χ1v) is 10.5. The van der Waals surface area contributed by atoms with Gasteiger partial charge >= 0.3 is 5.91 Å². The van der Waals surface area contributed by atoms with Gasteiger partial charge in [0.25, 0.3) is 5.65 Å². The van der Waals surface area contributed by atoms with Crippen LogP contribution in [0.25, 0.3) is 27.8 Å². The minimum Gasteiger partial charge on any atom is -1.00 e. The maximum Gasteiger partial charge on any atom is 0.311 e. The summed E-state index contributed by atoms with van der Waals surface area (Å²) in [5.74, 6) is 1.04. The summed E-state index contributed by atoms with van der Waals surface area (Å²) in [7, 11) is 0. The molecule has 0 amide bonds. The molecule has 5 heteroatoms. The van der Waals surface area contributed by atoms with Crippen LogP contribution >= 0.6 is 0 Å². The third-order valence-corrected chi connectivity index (χ3v) is 6.03. The Morgan fingerprint density at radius 2 is 1.63 bits per heavy atom. The number of halogens is 1. The second-order valence-electron chi connectivity index (χ2n) is 7.98. The van der Waals surface area contributed by atoms with E-state index in [0.29, 0.717) is 6.04 Å². The molecule has 0 radical (unpaired) electrons. The number of para-hydroxylation sites is 1. The first kappa shape index (κ1) is 20.4. The predicted octanol–water partition coefficient (Wildman–Crippen LogP) is 2.46. The van der Waals surface area contributed by atoms with Gasteiger partial charge in [-0.25, -0.2) is 4.79 Å². The Hall–Kier alpha value is -2.85. The molecule has 4 aromatic rings. The molecule has 0 unspecified atom stereocenters. The number of nitrogens with one attached hydrogen (secondary N) is 1. The van der Waals surface area contributed by atoms with Crippen molar-refractivity contribution in [2.75, 3.05) is 5.32 Å². The van der Waals surface area contributed by atoms with Crippen LogP contribution in [0.1, 0.15) is 43.8 Å². The largest absolute Gasteiger partial charge is 1.00 e. The SMILES string of the molecule is CC(=O)[n+]1c(-c2ccccc2)c(NC2CCCCC2)n2c3ccccc3ccc21.[Cl-]. The molecule has 0 atom stereocenters. The van der Waals surface area contributed by atoms with Crippen LogP contribution in [0.15, 0.2) is 66.7 Å². The highest BCUT2D eigenvalue weighted by atomic mass is 35.5. The number of imidazole rings is 1. The average molecular weight is 420 g/mol. The zero-order valence-electron chi connectivity index (χ0n) is 17.1. The lowest BCUT2D eigenvalue weighted by Crippen LogP contribution is -3.00. The van der Waals surface area contributed by atoms with Crippen LogP contribution in [0.5, 0.6) is 0 Å². The fourth-order valence-corrected chi connectivity index (χ4v) is 4.68. The molecule has 1 saturated carbocycles. The Balaban J connectivity index is 0.00000218. The van der Waals surface area contributed by atoms with Crippen molar-refractivity contribution in [2.24, 2.45) is 0 Å². The molecule has 0 bridgehead atoms. The molecule has 1 fully saturated rings. The summed E-state index contributed by atoms with van der Waals surface area (Å²) in [4.78, 5) is 12.8.